The molecule has 0 aliphatic carbocycles. The SMILES string of the molecule is CCC(CC)S(=O)c1cccc(N)c1. The largest absolute Gasteiger partial charge is 0.399 e. The number of hydrogen-bond acceptors (Lipinski definition) is 2. The fourth-order valence-corrected chi connectivity index (χ4v) is 2.88. The van der Waals surface area contributed by atoms with Gasteiger partial charge in [0, 0.05) is 15.8 Å². The molecule has 1 aromatic carbocycles. The van der Waals surface area contributed by atoms with Crippen molar-refractivity contribution in [2.75, 3.05) is 5.73 Å². The molecule has 0 amide bonds. The lowest BCUT2D eigenvalue weighted by Crippen LogP contribution is -2.12. The van der Waals surface area contributed by atoms with Crippen LogP contribution in [0.5, 0.6) is 0 Å². The van der Waals surface area contributed by atoms with Crippen molar-refractivity contribution < 1.29 is 4.21 Å². The predicted molar refractivity (Wildman–Crippen MR) is 61.6 cm³/mol. The molecular weight excluding hydrogens is 194 g/mol. The van der Waals surface area contributed by atoms with Gasteiger partial charge in [-0.15, -0.1) is 0 Å². The van der Waals surface area contributed by atoms with Crippen molar-refractivity contribution in [3.8, 4) is 0 Å². The zero-order chi connectivity index (χ0) is 10.6. The van der Waals surface area contributed by atoms with E-state index < -0.39 is 10.8 Å². The van der Waals surface area contributed by atoms with Crippen molar-refractivity contribution in [2.45, 2.75) is 36.8 Å². The molecule has 3 heteroatoms. The van der Waals surface area contributed by atoms with Crippen molar-refractivity contribution in [1.29, 1.82) is 0 Å². The van der Waals surface area contributed by atoms with Crippen molar-refractivity contribution in [3.05, 3.63) is 24.3 Å². The molecule has 1 unspecified atom stereocenters. The molecular formula is C11H17NOS. The minimum absolute atomic E-state index is 0.247. The molecule has 0 saturated carbocycles. The van der Waals surface area contributed by atoms with E-state index in [0.29, 0.717) is 5.69 Å². The molecule has 0 aliphatic rings. The first-order valence-electron chi connectivity index (χ1n) is 4.95. The van der Waals surface area contributed by atoms with Crippen LogP contribution in [0, 0.1) is 0 Å². The van der Waals surface area contributed by atoms with Crippen LogP contribution in [0.2, 0.25) is 0 Å². The van der Waals surface area contributed by atoms with E-state index in [1.165, 1.54) is 0 Å². The molecule has 1 atom stereocenters. The normalized spacial score (nSPS) is 13.1. The number of nitrogens with two attached hydrogens (primary N) is 1. The maximum Gasteiger partial charge on any atom is 0.0561 e. The summed E-state index contributed by atoms with van der Waals surface area (Å²) in [7, 11) is -0.912. The Bertz CT molecular complexity index is 321. The molecule has 0 aromatic heterocycles. The maximum atomic E-state index is 12.0. The number of rotatable bonds is 4. The van der Waals surface area contributed by atoms with Crippen LogP contribution >= 0.6 is 0 Å². The standard InChI is InChI=1S/C11H17NOS/c1-3-10(4-2)14(13)11-7-5-6-9(12)8-11/h5-8,10H,3-4,12H2,1-2H3. The van der Waals surface area contributed by atoms with Crippen LogP contribution in [0.4, 0.5) is 5.69 Å². The van der Waals surface area contributed by atoms with Gasteiger partial charge in [-0.25, -0.2) is 0 Å². The molecule has 0 saturated heterocycles. The van der Waals surface area contributed by atoms with Gasteiger partial charge in [0.25, 0.3) is 0 Å². The molecule has 2 N–H and O–H groups in total. The van der Waals surface area contributed by atoms with E-state index in [-0.39, 0.29) is 5.25 Å². The third-order valence-corrected chi connectivity index (χ3v) is 4.29. The molecule has 2 nitrogen and oxygen atoms in total. The van der Waals surface area contributed by atoms with Crippen molar-refractivity contribution in [2.24, 2.45) is 0 Å². The quantitative estimate of drug-likeness (QED) is 0.778. The topological polar surface area (TPSA) is 43.1 Å². The summed E-state index contributed by atoms with van der Waals surface area (Å²) in [6.45, 7) is 4.14. The molecule has 0 bridgehead atoms. The molecule has 1 rings (SSSR count). The Kier molecular flexibility index (Phi) is 4.14. The van der Waals surface area contributed by atoms with Gasteiger partial charge in [-0.1, -0.05) is 19.9 Å². The minimum atomic E-state index is -0.912. The Morgan fingerprint density at radius 2 is 2.00 bits per heavy atom. The Hall–Kier alpha value is -0.830. The average molecular weight is 211 g/mol. The summed E-state index contributed by atoms with van der Waals surface area (Å²) < 4.78 is 12.0. The monoisotopic (exact) mass is 211 g/mol. The van der Waals surface area contributed by atoms with E-state index in [1.54, 1.807) is 6.07 Å². The van der Waals surface area contributed by atoms with Gasteiger partial charge in [-0.2, -0.15) is 0 Å². The molecule has 78 valence electrons. The average Bonchev–Trinajstić information content (AvgIpc) is 2.19. The van der Waals surface area contributed by atoms with Crippen LogP contribution in [0.1, 0.15) is 26.7 Å². The van der Waals surface area contributed by atoms with Crippen molar-refractivity contribution >= 4 is 16.5 Å². The van der Waals surface area contributed by atoms with Crippen LogP contribution in [-0.2, 0) is 10.8 Å². The van der Waals surface area contributed by atoms with Gasteiger partial charge in [0.15, 0.2) is 0 Å². The lowest BCUT2D eigenvalue weighted by atomic mass is 10.3. The number of anilines is 1. The fourth-order valence-electron chi connectivity index (χ4n) is 1.42. The van der Waals surface area contributed by atoms with Gasteiger partial charge in [-0.05, 0) is 31.0 Å². The molecule has 0 radical (unpaired) electrons. The molecule has 0 heterocycles. The Morgan fingerprint density at radius 1 is 1.36 bits per heavy atom. The van der Waals surface area contributed by atoms with Crippen LogP contribution in [0.3, 0.4) is 0 Å². The van der Waals surface area contributed by atoms with Crippen LogP contribution in [0.25, 0.3) is 0 Å². The second-order valence-electron chi connectivity index (χ2n) is 3.31. The smallest absolute Gasteiger partial charge is 0.0561 e. The van der Waals surface area contributed by atoms with Crippen LogP contribution < -0.4 is 5.73 Å². The predicted octanol–water partition coefficient (Wildman–Crippen LogP) is 2.56. The van der Waals surface area contributed by atoms with E-state index in [0.717, 1.165) is 17.7 Å². The molecule has 1 aromatic rings. The fraction of sp³-hybridized carbons (Fsp3) is 0.455. The van der Waals surface area contributed by atoms with E-state index >= 15 is 0 Å². The Labute approximate surface area is 88.0 Å². The molecule has 0 spiro atoms. The first-order chi connectivity index (χ1) is 6.69. The number of nitrogen functional groups attached to an aromatic ring is 1. The van der Waals surface area contributed by atoms with Crippen LogP contribution in [0.15, 0.2) is 29.2 Å². The van der Waals surface area contributed by atoms with Crippen molar-refractivity contribution in [1.82, 2.24) is 0 Å². The summed E-state index contributed by atoms with van der Waals surface area (Å²) in [4.78, 5) is 0.846. The van der Waals surface area contributed by atoms with Crippen molar-refractivity contribution in [3.63, 3.8) is 0 Å². The highest BCUT2D eigenvalue weighted by molar-refractivity contribution is 7.85. The minimum Gasteiger partial charge on any atom is -0.399 e. The summed E-state index contributed by atoms with van der Waals surface area (Å²) >= 11 is 0. The molecule has 14 heavy (non-hydrogen) atoms. The van der Waals surface area contributed by atoms with Gasteiger partial charge in [0.05, 0.1) is 10.8 Å². The second kappa shape index (κ2) is 5.15. The number of benzene rings is 1. The Balaban J connectivity index is 2.88. The molecule has 0 aliphatic heterocycles. The lowest BCUT2D eigenvalue weighted by molar-refractivity contribution is 0.658. The van der Waals surface area contributed by atoms with Gasteiger partial charge in [-0.3, -0.25) is 4.21 Å². The van der Waals surface area contributed by atoms with E-state index in [4.69, 9.17) is 5.73 Å². The number of hydrogen-bond donors (Lipinski definition) is 1. The Morgan fingerprint density at radius 3 is 2.50 bits per heavy atom. The van der Waals surface area contributed by atoms with Gasteiger partial charge in [0.2, 0.25) is 0 Å². The zero-order valence-corrected chi connectivity index (χ0v) is 9.51. The molecule has 0 fully saturated rings. The first-order valence-corrected chi connectivity index (χ1v) is 6.16. The summed E-state index contributed by atoms with van der Waals surface area (Å²) in [5, 5.41) is 0.247. The second-order valence-corrected chi connectivity index (χ2v) is 5.04. The summed E-state index contributed by atoms with van der Waals surface area (Å²) in [6.07, 6.45) is 1.88. The highest BCUT2D eigenvalue weighted by Crippen LogP contribution is 2.18. The highest BCUT2D eigenvalue weighted by atomic mass is 32.2. The third-order valence-electron chi connectivity index (χ3n) is 2.30. The highest BCUT2D eigenvalue weighted by Gasteiger charge is 2.14. The van der Waals surface area contributed by atoms with Crippen LogP contribution in [-0.4, -0.2) is 9.46 Å². The van der Waals surface area contributed by atoms with E-state index in [9.17, 15) is 4.21 Å². The summed E-state index contributed by atoms with van der Waals surface area (Å²) in [5.74, 6) is 0. The van der Waals surface area contributed by atoms with E-state index in [1.807, 2.05) is 18.2 Å². The zero-order valence-electron chi connectivity index (χ0n) is 8.69. The first kappa shape index (κ1) is 11.2. The maximum absolute atomic E-state index is 12.0. The van der Waals surface area contributed by atoms with Gasteiger partial charge >= 0.3 is 0 Å². The third kappa shape index (κ3) is 2.58. The summed E-state index contributed by atoms with van der Waals surface area (Å²) in [5.41, 5.74) is 6.33. The van der Waals surface area contributed by atoms with Gasteiger partial charge < -0.3 is 5.73 Å². The summed E-state index contributed by atoms with van der Waals surface area (Å²) in [6, 6.07) is 7.35. The lowest BCUT2D eigenvalue weighted by Gasteiger charge is -2.12. The van der Waals surface area contributed by atoms with Gasteiger partial charge in [0.1, 0.15) is 0 Å². The van der Waals surface area contributed by atoms with E-state index in [2.05, 4.69) is 13.8 Å².